The van der Waals surface area contributed by atoms with E-state index in [9.17, 15) is 13.2 Å². The number of rotatable bonds is 8. The Balaban J connectivity index is 1.37. The Kier molecular flexibility index (Phi) is 6.91. The molecule has 2 aromatic carbocycles. The van der Waals surface area contributed by atoms with Crippen molar-refractivity contribution in [3.8, 4) is 5.75 Å². The number of sulfonamides is 1. The summed E-state index contributed by atoms with van der Waals surface area (Å²) in [5.41, 5.74) is 1.66. The lowest BCUT2D eigenvalue weighted by atomic mass is 9.86. The van der Waals surface area contributed by atoms with Crippen molar-refractivity contribution >= 4 is 33.0 Å². The molecule has 2 N–H and O–H groups in total. The molecule has 0 radical (unpaired) electrons. The first-order valence-electron chi connectivity index (χ1n) is 12.8. The van der Waals surface area contributed by atoms with Crippen LogP contribution in [0.2, 0.25) is 0 Å². The van der Waals surface area contributed by atoms with Gasteiger partial charge in [0.2, 0.25) is 5.91 Å². The fourth-order valence-corrected chi connectivity index (χ4v) is 7.46. The van der Waals surface area contributed by atoms with E-state index < -0.39 is 10.0 Å². The molecule has 2 aliphatic carbocycles. The monoisotopic (exact) mass is 497 g/mol. The molecule has 3 aliphatic rings. The van der Waals surface area contributed by atoms with Gasteiger partial charge in [-0.15, -0.1) is 0 Å². The van der Waals surface area contributed by atoms with Crippen LogP contribution in [0.5, 0.6) is 5.75 Å². The molecule has 35 heavy (non-hydrogen) atoms. The van der Waals surface area contributed by atoms with E-state index in [1.807, 2.05) is 12.1 Å². The Morgan fingerprint density at radius 3 is 2.40 bits per heavy atom. The van der Waals surface area contributed by atoms with Crippen molar-refractivity contribution in [1.29, 1.82) is 0 Å². The molecule has 7 nitrogen and oxygen atoms in total. The number of carbonyl (C=O) groups excluding carboxylic acids is 1. The molecule has 1 aliphatic heterocycles. The van der Waals surface area contributed by atoms with Gasteiger partial charge in [-0.1, -0.05) is 6.42 Å². The first-order valence-corrected chi connectivity index (χ1v) is 14.3. The SMILES string of the molecule is COc1ccc(NS(=O)(=O)c2cc(NC(=O)C[C@H]3C[C@@H]4CC[C@@H]3C4)ccc2N2CCCCC2)cc1. The van der Waals surface area contributed by atoms with Crippen molar-refractivity contribution in [1.82, 2.24) is 0 Å². The van der Waals surface area contributed by atoms with Crippen molar-refractivity contribution in [3.05, 3.63) is 42.5 Å². The quantitative estimate of drug-likeness (QED) is 0.520. The Hall–Kier alpha value is -2.74. The summed E-state index contributed by atoms with van der Waals surface area (Å²) in [4.78, 5) is 15.2. The van der Waals surface area contributed by atoms with Crippen LogP contribution in [0.3, 0.4) is 0 Å². The van der Waals surface area contributed by atoms with Crippen molar-refractivity contribution in [2.75, 3.05) is 35.1 Å². The summed E-state index contributed by atoms with van der Waals surface area (Å²) >= 11 is 0. The van der Waals surface area contributed by atoms with Gasteiger partial charge in [0.25, 0.3) is 10.0 Å². The first kappa shape index (κ1) is 24.0. The van der Waals surface area contributed by atoms with Gasteiger partial charge < -0.3 is 15.0 Å². The molecule has 1 heterocycles. The summed E-state index contributed by atoms with van der Waals surface area (Å²) in [5.74, 6) is 2.56. The highest BCUT2D eigenvalue weighted by Gasteiger charge is 2.40. The molecule has 2 saturated carbocycles. The average molecular weight is 498 g/mol. The zero-order valence-corrected chi connectivity index (χ0v) is 21.1. The number of ether oxygens (including phenoxy) is 1. The number of hydrogen-bond donors (Lipinski definition) is 2. The molecule has 0 unspecified atom stereocenters. The molecular formula is C27H35N3O4S. The van der Waals surface area contributed by atoms with Crippen LogP contribution < -0.4 is 19.7 Å². The van der Waals surface area contributed by atoms with Crippen LogP contribution in [0.1, 0.15) is 51.4 Å². The van der Waals surface area contributed by atoms with Crippen LogP contribution >= 0.6 is 0 Å². The van der Waals surface area contributed by atoms with Gasteiger partial charge in [-0.3, -0.25) is 9.52 Å². The zero-order valence-electron chi connectivity index (χ0n) is 20.3. The maximum absolute atomic E-state index is 13.5. The summed E-state index contributed by atoms with van der Waals surface area (Å²) in [6.45, 7) is 1.64. The standard InChI is InChI=1S/C27H35N3O4S/c1-34-24-10-7-22(8-11-24)29-35(32,33)26-18-23(9-12-25(26)30-13-3-2-4-14-30)28-27(31)17-21-16-19-5-6-20(21)15-19/h7-12,18-21,29H,2-6,13-17H2,1H3,(H,28,31)/t19-,20-,21-/m1/s1. The minimum Gasteiger partial charge on any atom is -0.497 e. The van der Waals surface area contributed by atoms with Gasteiger partial charge in [0.05, 0.1) is 12.8 Å². The van der Waals surface area contributed by atoms with Crippen LogP contribution in [-0.4, -0.2) is 34.5 Å². The number of methoxy groups -OCH3 is 1. The largest absolute Gasteiger partial charge is 0.497 e. The molecule has 3 atom stereocenters. The number of carbonyl (C=O) groups is 1. The molecule has 1 saturated heterocycles. The number of nitrogens with one attached hydrogen (secondary N) is 2. The predicted molar refractivity (Wildman–Crippen MR) is 138 cm³/mol. The van der Waals surface area contributed by atoms with Crippen molar-refractivity contribution < 1.29 is 17.9 Å². The third-order valence-electron chi connectivity index (χ3n) is 7.90. The molecular weight excluding hydrogens is 462 g/mol. The highest BCUT2D eigenvalue weighted by Crippen LogP contribution is 2.49. The lowest BCUT2D eigenvalue weighted by Crippen LogP contribution is -2.31. The minimum absolute atomic E-state index is 0.0280. The number of nitrogens with zero attached hydrogens (tertiary/aromatic N) is 1. The number of piperidine rings is 1. The van der Waals surface area contributed by atoms with Crippen molar-refractivity contribution in [2.45, 2.75) is 56.3 Å². The summed E-state index contributed by atoms with van der Waals surface area (Å²) in [5, 5.41) is 2.98. The average Bonchev–Trinajstić information content (AvgIpc) is 3.48. The second-order valence-electron chi connectivity index (χ2n) is 10.3. The van der Waals surface area contributed by atoms with Crippen LogP contribution in [0, 0.1) is 17.8 Å². The molecule has 5 rings (SSSR count). The second kappa shape index (κ2) is 10.1. The summed E-state index contributed by atoms with van der Waals surface area (Å²) < 4.78 is 35.0. The van der Waals surface area contributed by atoms with E-state index >= 15 is 0 Å². The lowest BCUT2D eigenvalue weighted by molar-refractivity contribution is -0.117. The fraction of sp³-hybridized carbons (Fsp3) is 0.519. The van der Waals surface area contributed by atoms with Crippen molar-refractivity contribution in [3.63, 3.8) is 0 Å². The lowest BCUT2D eigenvalue weighted by Gasteiger charge is -2.30. The number of fused-ring (bicyclic) bond motifs is 2. The van der Waals surface area contributed by atoms with Crippen LogP contribution in [0.25, 0.3) is 0 Å². The summed E-state index contributed by atoms with van der Waals surface area (Å²) in [6.07, 6.45) is 8.71. The van der Waals surface area contributed by atoms with Gasteiger partial charge in [-0.2, -0.15) is 0 Å². The third kappa shape index (κ3) is 5.42. The highest BCUT2D eigenvalue weighted by atomic mass is 32.2. The van der Waals surface area contributed by atoms with E-state index in [2.05, 4.69) is 14.9 Å². The maximum Gasteiger partial charge on any atom is 0.264 e. The maximum atomic E-state index is 13.5. The van der Waals surface area contributed by atoms with Gasteiger partial charge in [-0.05, 0) is 98.7 Å². The van der Waals surface area contributed by atoms with Crippen LogP contribution in [-0.2, 0) is 14.8 Å². The summed E-state index contributed by atoms with van der Waals surface area (Å²) in [7, 11) is -2.31. The first-order chi connectivity index (χ1) is 16.9. The zero-order chi connectivity index (χ0) is 24.4. The smallest absolute Gasteiger partial charge is 0.264 e. The van der Waals surface area contributed by atoms with Gasteiger partial charge in [0.1, 0.15) is 10.6 Å². The van der Waals surface area contributed by atoms with Gasteiger partial charge >= 0.3 is 0 Å². The normalized spacial score (nSPS) is 23.8. The Morgan fingerprint density at radius 2 is 1.74 bits per heavy atom. The molecule has 188 valence electrons. The van der Waals surface area contributed by atoms with Gasteiger partial charge in [-0.25, -0.2) is 8.42 Å². The molecule has 2 bridgehead atoms. The molecule has 0 aromatic heterocycles. The van der Waals surface area contributed by atoms with Gasteiger partial charge in [0, 0.05) is 30.9 Å². The molecule has 8 heteroatoms. The van der Waals surface area contributed by atoms with E-state index in [4.69, 9.17) is 4.74 Å². The molecule has 0 spiro atoms. The van der Waals surface area contributed by atoms with E-state index in [1.165, 1.54) is 19.3 Å². The molecule has 3 fully saturated rings. The van der Waals surface area contributed by atoms with Crippen LogP contribution in [0.4, 0.5) is 17.1 Å². The Morgan fingerprint density at radius 1 is 1.00 bits per heavy atom. The third-order valence-corrected chi connectivity index (χ3v) is 9.31. The van der Waals surface area contributed by atoms with E-state index in [0.29, 0.717) is 41.1 Å². The number of amides is 1. The minimum atomic E-state index is -3.88. The predicted octanol–water partition coefficient (Wildman–Crippen LogP) is 5.25. The molecule has 2 aromatic rings. The fourth-order valence-electron chi connectivity index (χ4n) is 6.15. The Labute approximate surface area is 208 Å². The topological polar surface area (TPSA) is 87.7 Å². The van der Waals surface area contributed by atoms with Gasteiger partial charge in [0.15, 0.2) is 0 Å². The second-order valence-corrected chi connectivity index (χ2v) is 11.9. The number of anilines is 3. The van der Waals surface area contributed by atoms with E-state index in [1.54, 1.807) is 37.4 Å². The van der Waals surface area contributed by atoms with E-state index in [-0.39, 0.29) is 10.8 Å². The van der Waals surface area contributed by atoms with Crippen molar-refractivity contribution in [2.24, 2.45) is 17.8 Å². The Bertz CT molecular complexity index is 1160. The highest BCUT2D eigenvalue weighted by molar-refractivity contribution is 7.92. The van der Waals surface area contributed by atoms with E-state index in [0.717, 1.165) is 44.7 Å². The number of hydrogen-bond acceptors (Lipinski definition) is 5. The molecule has 1 amide bonds. The summed E-state index contributed by atoms with van der Waals surface area (Å²) in [6, 6.07) is 12.1. The van der Waals surface area contributed by atoms with Crippen LogP contribution in [0.15, 0.2) is 47.4 Å². The number of benzene rings is 2.